The zero-order valence-corrected chi connectivity index (χ0v) is 7.70. The van der Waals surface area contributed by atoms with Crippen LogP contribution in [0.4, 0.5) is 0 Å². The number of aliphatic hydroxyl groups is 1. The Labute approximate surface area is 77.7 Å². The summed E-state index contributed by atoms with van der Waals surface area (Å²) in [6, 6.07) is 0. The fourth-order valence-corrected chi connectivity index (χ4v) is 1.95. The van der Waals surface area contributed by atoms with Crippen LogP contribution in [0.3, 0.4) is 0 Å². The van der Waals surface area contributed by atoms with Crippen LogP contribution < -0.4 is 5.73 Å². The molecule has 3 N–H and O–H groups in total. The molecule has 13 heavy (non-hydrogen) atoms. The van der Waals surface area contributed by atoms with E-state index in [-0.39, 0.29) is 5.91 Å². The predicted molar refractivity (Wildman–Crippen MR) is 47.9 cm³/mol. The Bertz CT molecular complexity index is 220. The van der Waals surface area contributed by atoms with Gasteiger partial charge < -0.3 is 15.7 Å². The van der Waals surface area contributed by atoms with Crippen LogP contribution >= 0.6 is 0 Å². The van der Waals surface area contributed by atoms with Crippen molar-refractivity contribution in [2.24, 2.45) is 11.7 Å². The lowest BCUT2D eigenvalue weighted by atomic mass is 9.88. The Balaban J connectivity index is 1.79. The monoisotopic (exact) mass is 184 g/mol. The van der Waals surface area contributed by atoms with Gasteiger partial charge >= 0.3 is 0 Å². The summed E-state index contributed by atoms with van der Waals surface area (Å²) >= 11 is 0. The van der Waals surface area contributed by atoms with Gasteiger partial charge in [-0.1, -0.05) is 0 Å². The number of hydrogen-bond acceptors (Lipinski definition) is 3. The van der Waals surface area contributed by atoms with Gasteiger partial charge in [0.1, 0.15) is 5.60 Å². The number of amides is 1. The second kappa shape index (κ2) is 2.96. The van der Waals surface area contributed by atoms with E-state index < -0.39 is 5.60 Å². The highest BCUT2D eigenvalue weighted by molar-refractivity contribution is 5.77. The highest BCUT2D eigenvalue weighted by Gasteiger charge is 2.52. The molecule has 0 unspecified atom stereocenters. The van der Waals surface area contributed by atoms with E-state index in [4.69, 9.17) is 5.73 Å². The molecule has 4 heteroatoms. The van der Waals surface area contributed by atoms with Gasteiger partial charge in [0.05, 0.1) is 13.1 Å². The zero-order valence-electron chi connectivity index (χ0n) is 7.70. The fourth-order valence-electron chi connectivity index (χ4n) is 1.95. The van der Waals surface area contributed by atoms with Crippen molar-refractivity contribution >= 4 is 5.91 Å². The van der Waals surface area contributed by atoms with Gasteiger partial charge in [0.2, 0.25) is 5.91 Å². The number of hydrogen-bond donors (Lipinski definition) is 2. The van der Waals surface area contributed by atoms with Crippen molar-refractivity contribution in [1.82, 2.24) is 4.90 Å². The highest BCUT2D eigenvalue weighted by atomic mass is 16.3. The third-order valence-corrected chi connectivity index (χ3v) is 2.98. The van der Waals surface area contributed by atoms with Gasteiger partial charge in [-0.15, -0.1) is 0 Å². The van der Waals surface area contributed by atoms with Gasteiger partial charge in [0, 0.05) is 13.0 Å². The number of nitrogens with zero attached hydrogens (tertiary/aromatic N) is 1. The van der Waals surface area contributed by atoms with Gasteiger partial charge in [-0.25, -0.2) is 0 Å². The fraction of sp³-hybridized carbons (Fsp3) is 0.889. The van der Waals surface area contributed by atoms with E-state index in [0.717, 1.165) is 12.8 Å². The third-order valence-electron chi connectivity index (χ3n) is 2.98. The topological polar surface area (TPSA) is 66.6 Å². The van der Waals surface area contributed by atoms with E-state index in [1.807, 2.05) is 0 Å². The molecule has 1 saturated carbocycles. The predicted octanol–water partition coefficient (Wildman–Crippen LogP) is -0.681. The maximum Gasteiger partial charge on any atom is 0.224 e. The molecular weight excluding hydrogens is 168 g/mol. The Hall–Kier alpha value is -0.610. The van der Waals surface area contributed by atoms with E-state index >= 15 is 0 Å². The highest BCUT2D eigenvalue weighted by Crippen LogP contribution is 2.44. The number of nitrogens with two attached hydrogens (primary N) is 1. The van der Waals surface area contributed by atoms with Crippen LogP contribution in [0.15, 0.2) is 0 Å². The summed E-state index contributed by atoms with van der Waals surface area (Å²) in [4.78, 5) is 13.0. The van der Waals surface area contributed by atoms with Crippen molar-refractivity contribution in [2.75, 3.05) is 19.6 Å². The maximum atomic E-state index is 11.3. The average molecular weight is 184 g/mol. The zero-order chi connectivity index (χ0) is 9.47. The Kier molecular flexibility index (Phi) is 2.04. The van der Waals surface area contributed by atoms with Gasteiger partial charge in [0.25, 0.3) is 0 Å². The summed E-state index contributed by atoms with van der Waals surface area (Å²) < 4.78 is 0. The quantitative estimate of drug-likeness (QED) is 0.610. The van der Waals surface area contributed by atoms with Crippen molar-refractivity contribution in [1.29, 1.82) is 0 Å². The van der Waals surface area contributed by atoms with E-state index in [2.05, 4.69) is 0 Å². The molecule has 2 aliphatic rings. The number of carbonyl (C=O) groups excluding carboxylic acids is 1. The molecule has 0 aromatic carbocycles. The summed E-state index contributed by atoms with van der Waals surface area (Å²) in [6.45, 7) is 1.45. The number of carbonyl (C=O) groups is 1. The van der Waals surface area contributed by atoms with Crippen LogP contribution in [0.1, 0.15) is 19.3 Å². The summed E-state index contributed by atoms with van der Waals surface area (Å²) in [7, 11) is 0. The maximum absolute atomic E-state index is 11.3. The molecule has 1 aliphatic heterocycles. The first-order chi connectivity index (χ1) is 6.15. The van der Waals surface area contributed by atoms with E-state index in [1.54, 1.807) is 4.90 Å². The number of rotatable bonds is 3. The normalized spacial score (nSPS) is 25.5. The first kappa shape index (κ1) is 8.97. The molecule has 1 amide bonds. The third kappa shape index (κ3) is 1.56. The molecule has 4 nitrogen and oxygen atoms in total. The van der Waals surface area contributed by atoms with Crippen molar-refractivity contribution in [3.05, 3.63) is 0 Å². The lowest BCUT2D eigenvalue weighted by Gasteiger charge is -2.47. The first-order valence-corrected chi connectivity index (χ1v) is 4.86. The standard InChI is InChI=1S/C9H16N2O2/c10-4-3-8(12)11-5-9(13,6-11)7-1-2-7/h7,13H,1-6,10H2. The SMILES string of the molecule is NCCC(=O)N1CC(O)(C2CC2)C1. The van der Waals surface area contributed by atoms with Crippen LogP contribution in [-0.2, 0) is 4.79 Å². The molecule has 1 saturated heterocycles. The second-order valence-electron chi connectivity index (χ2n) is 4.17. The van der Waals surface area contributed by atoms with Crippen molar-refractivity contribution in [3.8, 4) is 0 Å². The molecule has 0 spiro atoms. The summed E-state index contributed by atoms with van der Waals surface area (Å²) in [5.41, 5.74) is 4.72. The van der Waals surface area contributed by atoms with E-state index in [0.29, 0.717) is 32.0 Å². The first-order valence-electron chi connectivity index (χ1n) is 4.86. The molecule has 0 radical (unpaired) electrons. The lowest BCUT2D eigenvalue weighted by molar-refractivity contribution is -0.159. The number of likely N-dealkylation sites (tertiary alicyclic amines) is 1. The molecule has 2 fully saturated rings. The van der Waals surface area contributed by atoms with Crippen LogP contribution in [0, 0.1) is 5.92 Å². The largest absolute Gasteiger partial charge is 0.386 e. The minimum absolute atomic E-state index is 0.0767. The van der Waals surface area contributed by atoms with Gasteiger partial charge in [0.15, 0.2) is 0 Å². The molecule has 2 rings (SSSR count). The molecule has 0 bridgehead atoms. The van der Waals surface area contributed by atoms with Crippen molar-refractivity contribution in [3.63, 3.8) is 0 Å². The summed E-state index contributed by atoms with van der Waals surface area (Å²) in [5.74, 6) is 0.530. The molecule has 0 aromatic rings. The van der Waals surface area contributed by atoms with Crippen LogP contribution in [0.2, 0.25) is 0 Å². The average Bonchev–Trinajstić information content (AvgIpc) is 2.81. The Morgan fingerprint density at radius 3 is 2.62 bits per heavy atom. The van der Waals surface area contributed by atoms with E-state index in [9.17, 15) is 9.90 Å². The molecule has 1 aliphatic carbocycles. The molecule has 74 valence electrons. The van der Waals surface area contributed by atoms with Gasteiger partial charge in [-0.05, 0) is 18.8 Å². The minimum atomic E-state index is -0.551. The van der Waals surface area contributed by atoms with Crippen LogP contribution in [-0.4, -0.2) is 41.1 Å². The van der Waals surface area contributed by atoms with Gasteiger partial charge in [-0.2, -0.15) is 0 Å². The Morgan fingerprint density at radius 1 is 1.54 bits per heavy atom. The smallest absolute Gasteiger partial charge is 0.224 e. The molecule has 1 heterocycles. The molecular formula is C9H16N2O2. The summed E-state index contributed by atoms with van der Waals surface area (Å²) in [6.07, 6.45) is 2.64. The molecule has 0 atom stereocenters. The van der Waals surface area contributed by atoms with Crippen LogP contribution in [0.5, 0.6) is 0 Å². The lowest BCUT2D eigenvalue weighted by Crippen LogP contribution is -2.64. The second-order valence-corrected chi connectivity index (χ2v) is 4.17. The van der Waals surface area contributed by atoms with E-state index in [1.165, 1.54) is 0 Å². The number of β-amino-alcohol motifs (C(OH)–C–C–N with tert-alkyl or cyclic N) is 1. The molecule has 0 aromatic heterocycles. The van der Waals surface area contributed by atoms with Crippen LogP contribution in [0.25, 0.3) is 0 Å². The van der Waals surface area contributed by atoms with Crippen molar-refractivity contribution < 1.29 is 9.90 Å². The van der Waals surface area contributed by atoms with Crippen molar-refractivity contribution in [2.45, 2.75) is 24.9 Å². The minimum Gasteiger partial charge on any atom is -0.386 e. The Morgan fingerprint density at radius 2 is 2.15 bits per heavy atom. The summed E-state index contributed by atoms with van der Waals surface area (Å²) in [5, 5.41) is 9.91. The van der Waals surface area contributed by atoms with Gasteiger partial charge in [-0.3, -0.25) is 4.79 Å².